The Bertz CT molecular complexity index is 196. The van der Waals surface area contributed by atoms with E-state index in [2.05, 4.69) is 13.0 Å². The second-order valence-corrected chi connectivity index (χ2v) is 4.60. The van der Waals surface area contributed by atoms with Gasteiger partial charge in [-0.05, 0) is 26.3 Å². The molecule has 0 saturated carbocycles. The Hall–Kier alpha value is -0.340. The van der Waals surface area contributed by atoms with Crippen molar-refractivity contribution in [3.63, 3.8) is 0 Å². The van der Waals surface area contributed by atoms with Gasteiger partial charge in [0.2, 0.25) is 0 Å². The topological polar surface area (TPSA) is 27.5 Å². The van der Waals surface area contributed by atoms with Crippen LogP contribution in [0.2, 0.25) is 0 Å². The largest absolute Gasteiger partial charge is 0.629 e. The molecule has 0 aromatic carbocycles. The molecule has 1 aliphatic heterocycles. The van der Waals surface area contributed by atoms with Gasteiger partial charge in [-0.25, -0.2) is 0 Å². The van der Waals surface area contributed by atoms with Gasteiger partial charge in [0.25, 0.3) is 0 Å². The molecule has 1 atom stereocenters. The van der Waals surface area contributed by atoms with Gasteiger partial charge in [0.1, 0.15) is 5.70 Å². The molecule has 1 heterocycles. The zero-order chi connectivity index (χ0) is 9.90. The van der Waals surface area contributed by atoms with Crippen molar-refractivity contribution in [2.45, 2.75) is 58.4 Å². The van der Waals surface area contributed by atoms with Crippen LogP contribution in [0.5, 0.6) is 0 Å². The molecule has 0 aliphatic carbocycles. The number of hydroxylamine groups is 2. The van der Waals surface area contributed by atoms with Gasteiger partial charge in [-0.2, -0.15) is 0 Å². The van der Waals surface area contributed by atoms with Gasteiger partial charge in [-0.3, -0.25) is 0 Å². The zero-order valence-electron chi connectivity index (χ0n) is 9.02. The van der Waals surface area contributed by atoms with E-state index in [0.717, 1.165) is 18.5 Å². The summed E-state index contributed by atoms with van der Waals surface area (Å²) in [5, 5.41) is 12.1. The minimum Gasteiger partial charge on any atom is -0.629 e. The summed E-state index contributed by atoms with van der Waals surface area (Å²) in [6, 6.07) is 0. The maximum absolute atomic E-state index is 11.8. The summed E-state index contributed by atoms with van der Waals surface area (Å²) in [6.45, 7) is 6.27. The molecular formula is C11H21NO. The van der Waals surface area contributed by atoms with E-state index in [0.29, 0.717) is 5.06 Å². The third-order valence-corrected chi connectivity index (χ3v) is 2.81. The standard InChI is InChI=1S/C11H21NO/c1-4-5-6-7-10-8-9-11(2,3)12(10)13/h8,12H,4-7,9H2,1-3H3. The average molecular weight is 183 g/mol. The van der Waals surface area contributed by atoms with Crippen LogP contribution in [0.25, 0.3) is 0 Å². The number of hydrogen-bond donors (Lipinski definition) is 1. The Morgan fingerprint density at radius 3 is 2.62 bits per heavy atom. The fraction of sp³-hybridized carbons (Fsp3) is 0.818. The molecule has 0 saturated heterocycles. The normalized spacial score (nSPS) is 26.2. The number of hydrogen-bond acceptors (Lipinski definition) is 1. The van der Waals surface area contributed by atoms with Crippen molar-refractivity contribution in [1.82, 2.24) is 0 Å². The fourth-order valence-electron chi connectivity index (χ4n) is 1.78. The lowest BCUT2D eigenvalue weighted by Gasteiger charge is -2.33. The predicted octanol–water partition coefficient (Wildman–Crippen LogP) is 2.02. The number of unbranched alkanes of at least 4 members (excludes halogenated alkanes) is 2. The van der Waals surface area contributed by atoms with E-state index in [1.807, 2.05) is 13.8 Å². The van der Waals surface area contributed by atoms with Crippen LogP contribution in [0.3, 0.4) is 0 Å². The van der Waals surface area contributed by atoms with Crippen LogP contribution in [-0.2, 0) is 0 Å². The zero-order valence-corrected chi connectivity index (χ0v) is 9.02. The average Bonchev–Trinajstić information content (AvgIpc) is 2.32. The van der Waals surface area contributed by atoms with E-state index < -0.39 is 0 Å². The Kier molecular flexibility index (Phi) is 3.51. The molecule has 0 radical (unpaired) electrons. The van der Waals surface area contributed by atoms with Crippen LogP contribution in [0, 0.1) is 5.21 Å². The highest BCUT2D eigenvalue weighted by Crippen LogP contribution is 2.17. The van der Waals surface area contributed by atoms with Crippen LogP contribution in [0.15, 0.2) is 11.8 Å². The molecular weight excluding hydrogens is 162 g/mol. The van der Waals surface area contributed by atoms with Crippen LogP contribution in [0.1, 0.15) is 52.9 Å². The second-order valence-electron chi connectivity index (χ2n) is 4.60. The number of nitrogens with one attached hydrogen (secondary N) is 1. The maximum atomic E-state index is 11.8. The lowest BCUT2D eigenvalue weighted by atomic mass is 10.0. The second kappa shape index (κ2) is 4.25. The third kappa shape index (κ3) is 2.55. The van der Waals surface area contributed by atoms with Crippen LogP contribution >= 0.6 is 0 Å². The molecule has 0 bridgehead atoms. The van der Waals surface area contributed by atoms with Crippen molar-refractivity contribution in [1.29, 1.82) is 0 Å². The molecule has 1 N–H and O–H groups in total. The summed E-state index contributed by atoms with van der Waals surface area (Å²) < 4.78 is 0. The molecule has 1 unspecified atom stereocenters. The van der Waals surface area contributed by atoms with Gasteiger partial charge in [0.15, 0.2) is 0 Å². The minimum atomic E-state index is -0.110. The Morgan fingerprint density at radius 1 is 1.46 bits per heavy atom. The summed E-state index contributed by atoms with van der Waals surface area (Å²) in [5.74, 6) is 0. The van der Waals surface area contributed by atoms with E-state index in [1.165, 1.54) is 19.3 Å². The molecule has 13 heavy (non-hydrogen) atoms. The van der Waals surface area contributed by atoms with Gasteiger partial charge in [0.05, 0.1) is 5.54 Å². The molecule has 0 aromatic heterocycles. The summed E-state index contributed by atoms with van der Waals surface area (Å²) in [5.41, 5.74) is 0.972. The van der Waals surface area contributed by atoms with E-state index in [-0.39, 0.29) is 5.54 Å². The molecule has 0 spiro atoms. The van der Waals surface area contributed by atoms with E-state index in [1.54, 1.807) is 0 Å². The number of quaternary nitrogens is 1. The van der Waals surface area contributed by atoms with Gasteiger partial charge >= 0.3 is 0 Å². The Balaban J connectivity index is 2.36. The van der Waals surface area contributed by atoms with Gasteiger partial charge in [0, 0.05) is 12.8 Å². The van der Waals surface area contributed by atoms with Crippen LogP contribution < -0.4 is 5.06 Å². The molecule has 0 amide bonds. The molecule has 2 nitrogen and oxygen atoms in total. The van der Waals surface area contributed by atoms with Gasteiger partial charge in [-0.1, -0.05) is 19.8 Å². The number of allylic oxidation sites excluding steroid dienone is 1. The van der Waals surface area contributed by atoms with Crippen molar-refractivity contribution in [3.8, 4) is 0 Å². The van der Waals surface area contributed by atoms with Gasteiger partial charge in [-0.15, -0.1) is 0 Å². The predicted molar refractivity (Wildman–Crippen MR) is 55.3 cm³/mol. The first-order chi connectivity index (χ1) is 6.08. The monoisotopic (exact) mass is 183 g/mol. The first-order valence-corrected chi connectivity index (χ1v) is 5.32. The SMILES string of the molecule is CCCCCC1=CCC(C)(C)[NH+]1[O-]. The van der Waals surface area contributed by atoms with E-state index >= 15 is 0 Å². The van der Waals surface area contributed by atoms with Crippen molar-refractivity contribution < 1.29 is 5.06 Å². The Morgan fingerprint density at radius 2 is 2.15 bits per heavy atom. The molecule has 2 heteroatoms. The summed E-state index contributed by atoms with van der Waals surface area (Å²) >= 11 is 0. The van der Waals surface area contributed by atoms with Crippen LogP contribution in [-0.4, -0.2) is 5.54 Å². The summed E-state index contributed by atoms with van der Waals surface area (Å²) in [4.78, 5) is 0. The van der Waals surface area contributed by atoms with Crippen LogP contribution in [0.4, 0.5) is 0 Å². The number of rotatable bonds is 4. The lowest BCUT2D eigenvalue weighted by molar-refractivity contribution is -0.856. The first-order valence-electron chi connectivity index (χ1n) is 5.32. The van der Waals surface area contributed by atoms with Crippen molar-refractivity contribution in [2.75, 3.05) is 0 Å². The molecule has 0 fully saturated rings. The minimum absolute atomic E-state index is 0.110. The summed E-state index contributed by atoms with van der Waals surface area (Å²) in [6.07, 6.45) is 7.71. The van der Waals surface area contributed by atoms with Crippen molar-refractivity contribution in [2.24, 2.45) is 0 Å². The smallest absolute Gasteiger partial charge is 0.104 e. The summed E-state index contributed by atoms with van der Waals surface area (Å²) in [7, 11) is 0. The first kappa shape index (κ1) is 10.7. The maximum Gasteiger partial charge on any atom is 0.104 e. The van der Waals surface area contributed by atoms with E-state index in [4.69, 9.17) is 0 Å². The Labute approximate surface area is 81.2 Å². The van der Waals surface area contributed by atoms with Crippen molar-refractivity contribution in [3.05, 3.63) is 17.0 Å². The highest BCUT2D eigenvalue weighted by molar-refractivity contribution is 5.02. The lowest BCUT2D eigenvalue weighted by Crippen LogP contribution is -3.11. The highest BCUT2D eigenvalue weighted by Gasteiger charge is 2.32. The molecule has 76 valence electrons. The van der Waals surface area contributed by atoms with Gasteiger partial charge < -0.3 is 10.3 Å². The fourth-order valence-corrected chi connectivity index (χ4v) is 1.78. The molecule has 0 aromatic rings. The molecule has 1 aliphatic rings. The van der Waals surface area contributed by atoms with Crippen molar-refractivity contribution >= 4 is 0 Å². The molecule has 1 rings (SSSR count). The third-order valence-electron chi connectivity index (χ3n) is 2.81. The highest BCUT2D eigenvalue weighted by atomic mass is 16.5. The van der Waals surface area contributed by atoms with E-state index in [9.17, 15) is 5.21 Å². The quantitative estimate of drug-likeness (QED) is 0.524.